The molecule has 1 saturated carbocycles. The van der Waals surface area contributed by atoms with E-state index in [2.05, 4.69) is 49.4 Å². The van der Waals surface area contributed by atoms with Gasteiger partial charge in [0, 0.05) is 38.6 Å². The molecule has 0 aliphatic heterocycles. The Hall–Kier alpha value is -2.30. The van der Waals surface area contributed by atoms with Gasteiger partial charge in [-0.25, -0.2) is 4.98 Å². The molecule has 0 bridgehead atoms. The Morgan fingerprint density at radius 2 is 2.13 bits per heavy atom. The quantitative estimate of drug-likeness (QED) is 0.659. The molecule has 122 valence electrons. The van der Waals surface area contributed by atoms with Crippen molar-refractivity contribution in [1.29, 1.82) is 0 Å². The summed E-state index contributed by atoms with van der Waals surface area (Å²) in [4.78, 5) is 8.42. The monoisotopic (exact) mass is 311 g/mol. The van der Waals surface area contributed by atoms with E-state index in [9.17, 15) is 0 Å². The number of aromatic nitrogens is 2. The van der Waals surface area contributed by atoms with Gasteiger partial charge in [0.2, 0.25) is 0 Å². The van der Waals surface area contributed by atoms with Gasteiger partial charge < -0.3 is 15.2 Å². The Morgan fingerprint density at radius 3 is 2.87 bits per heavy atom. The summed E-state index contributed by atoms with van der Waals surface area (Å²) in [6.07, 6.45) is 10.8. The molecule has 23 heavy (non-hydrogen) atoms. The van der Waals surface area contributed by atoms with E-state index < -0.39 is 0 Å². The van der Waals surface area contributed by atoms with Crippen molar-refractivity contribution in [3.63, 3.8) is 0 Å². The van der Waals surface area contributed by atoms with Crippen LogP contribution in [0.4, 0.5) is 0 Å². The van der Waals surface area contributed by atoms with Gasteiger partial charge in [0.05, 0.1) is 6.33 Å². The lowest BCUT2D eigenvalue weighted by molar-refractivity contribution is 0.613. The van der Waals surface area contributed by atoms with Crippen molar-refractivity contribution in [2.24, 2.45) is 4.99 Å². The van der Waals surface area contributed by atoms with E-state index in [1.807, 2.05) is 25.8 Å². The van der Waals surface area contributed by atoms with Gasteiger partial charge in [0.15, 0.2) is 5.96 Å². The van der Waals surface area contributed by atoms with E-state index in [1.54, 1.807) is 0 Å². The molecule has 0 unspecified atom stereocenters. The van der Waals surface area contributed by atoms with Gasteiger partial charge in [-0.3, -0.25) is 4.99 Å². The molecule has 1 fully saturated rings. The molecular weight excluding hydrogens is 286 g/mol. The summed E-state index contributed by atoms with van der Waals surface area (Å²) in [6.45, 7) is 1.63. The summed E-state index contributed by atoms with van der Waals surface area (Å²) in [5.41, 5.74) is 2.54. The smallest absolute Gasteiger partial charge is 0.191 e. The maximum Gasteiger partial charge on any atom is 0.191 e. The van der Waals surface area contributed by atoms with Crippen LogP contribution in [0.5, 0.6) is 0 Å². The fraction of sp³-hybridized carbons (Fsp3) is 0.444. The van der Waals surface area contributed by atoms with Gasteiger partial charge in [-0.2, -0.15) is 0 Å². The van der Waals surface area contributed by atoms with Crippen molar-refractivity contribution in [3.8, 4) is 0 Å². The van der Waals surface area contributed by atoms with E-state index in [0.717, 1.165) is 19.0 Å². The summed E-state index contributed by atoms with van der Waals surface area (Å²) >= 11 is 0. The third kappa shape index (κ3) is 4.58. The Kier molecular flexibility index (Phi) is 5.29. The number of hydrogen-bond acceptors (Lipinski definition) is 2. The molecule has 0 radical (unpaired) electrons. The molecule has 2 aromatic rings. The van der Waals surface area contributed by atoms with E-state index in [1.165, 1.54) is 36.8 Å². The molecule has 0 spiro atoms. The molecule has 0 atom stereocenters. The van der Waals surface area contributed by atoms with E-state index in [0.29, 0.717) is 6.04 Å². The molecule has 1 aromatic carbocycles. The van der Waals surface area contributed by atoms with E-state index in [4.69, 9.17) is 0 Å². The summed E-state index contributed by atoms with van der Waals surface area (Å²) < 4.78 is 2.08. The lowest BCUT2D eigenvalue weighted by atomic mass is 10.1. The van der Waals surface area contributed by atoms with Crippen LogP contribution in [0.2, 0.25) is 0 Å². The molecule has 3 rings (SSSR count). The lowest BCUT2D eigenvalue weighted by Crippen LogP contribution is -2.41. The van der Waals surface area contributed by atoms with Crippen molar-refractivity contribution in [3.05, 3.63) is 54.1 Å². The molecule has 1 aromatic heterocycles. The molecule has 1 aliphatic rings. The van der Waals surface area contributed by atoms with Gasteiger partial charge in [0.25, 0.3) is 0 Å². The predicted molar refractivity (Wildman–Crippen MR) is 93.4 cm³/mol. The summed E-state index contributed by atoms with van der Waals surface area (Å²) in [5.74, 6) is 0.900. The summed E-state index contributed by atoms with van der Waals surface area (Å²) in [5, 5.41) is 6.93. The number of rotatable bonds is 5. The Bertz CT molecular complexity index is 627. The summed E-state index contributed by atoms with van der Waals surface area (Å²) in [6, 6.07) is 9.21. The molecule has 1 heterocycles. The molecule has 0 amide bonds. The van der Waals surface area contributed by atoms with Crippen LogP contribution in [0.1, 0.15) is 36.8 Å². The lowest BCUT2D eigenvalue weighted by Gasteiger charge is -2.17. The zero-order chi connectivity index (χ0) is 15.9. The van der Waals surface area contributed by atoms with Crippen LogP contribution in [-0.2, 0) is 13.1 Å². The van der Waals surface area contributed by atoms with Gasteiger partial charge in [-0.15, -0.1) is 0 Å². The number of nitrogens with zero attached hydrogens (tertiary/aromatic N) is 3. The highest BCUT2D eigenvalue weighted by molar-refractivity contribution is 5.79. The number of hydrogen-bond donors (Lipinski definition) is 2. The standard InChI is InChI=1S/C18H25N5/c1-19-18(22-17-7-2-3-8-17)21-12-15-5-4-6-16(11-15)13-23-10-9-20-14-23/h4-6,9-11,14,17H,2-3,7-8,12-13H2,1H3,(H2,19,21,22). The van der Waals surface area contributed by atoms with Gasteiger partial charge in [0.1, 0.15) is 0 Å². The highest BCUT2D eigenvalue weighted by atomic mass is 15.2. The van der Waals surface area contributed by atoms with Gasteiger partial charge in [-0.05, 0) is 24.0 Å². The Balaban J connectivity index is 1.54. The molecule has 2 N–H and O–H groups in total. The van der Waals surface area contributed by atoms with Crippen molar-refractivity contribution < 1.29 is 0 Å². The number of guanidine groups is 1. The van der Waals surface area contributed by atoms with Crippen LogP contribution in [0.25, 0.3) is 0 Å². The maximum absolute atomic E-state index is 4.33. The average Bonchev–Trinajstić information content (AvgIpc) is 3.25. The van der Waals surface area contributed by atoms with Crippen LogP contribution in [0.15, 0.2) is 48.0 Å². The van der Waals surface area contributed by atoms with Crippen molar-refractivity contribution in [2.75, 3.05) is 7.05 Å². The molecule has 0 saturated heterocycles. The minimum atomic E-state index is 0.578. The molecular formula is C18H25N5. The first-order valence-corrected chi connectivity index (χ1v) is 8.34. The largest absolute Gasteiger partial charge is 0.354 e. The van der Waals surface area contributed by atoms with E-state index in [-0.39, 0.29) is 0 Å². The van der Waals surface area contributed by atoms with Crippen LogP contribution < -0.4 is 10.6 Å². The predicted octanol–water partition coefficient (Wildman–Crippen LogP) is 2.54. The van der Waals surface area contributed by atoms with Crippen LogP contribution in [-0.4, -0.2) is 28.6 Å². The Labute approximate surface area is 137 Å². The van der Waals surface area contributed by atoms with Crippen molar-refractivity contribution in [1.82, 2.24) is 20.2 Å². The zero-order valence-corrected chi connectivity index (χ0v) is 13.7. The van der Waals surface area contributed by atoms with Gasteiger partial charge in [-0.1, -0.05) is 37.1 Å². The number of nitrogens with one attached hydrogen (secondary N) is 2. The highest BCUT2D eigenvalue weighted by Crippen LogP contribution is 2.17. The first-order valence-electron chi connectivity index (χ1n) is 8.34. The number of imidazole rings is 1. The van der Waals surface area contributed by atoms with Crippen LogP contribution in [0, 0.1) is 0 Å². The topological polar surface area (TPSA) is 54.2 Å². The first kappa shape index (κ1) is 15.6. The normalized spacial score (nSPS) is 15.8. The molecule has 1 aliphatic carbocycles. The van der Waals surface area contributed by atoms with E-state index >= 15 is 0 Å². The molecule has 5 heteroatoms. The zero-order valence-electron chi connectivity index (χ0n) is 13.7. The first-order chi connectivity index (χ1) is 11.3. The minimum Gasteiger partial charge on any atom is -0.354 e. The summed E-state index contributed by atoms with van der Waals surface area (Å²) in [7, 11) is 1.83. The van der Waals surface area contributed by atoms with Crippen molar-refractivity contribution >= 4 is 5.96 Å². The fourth-order valence-corrected chi connectivity index (χ4v) is 3.07. The van der Waals surface area contributed by atoms with Crippen LogP contribution >= 0.6 is 0 Å². The fourth-order valence-electron chi connectivity index (χ4n) is 3.07. The highest BCUT2D eigenvalue weighted by Gasteiger charge is 2.15. The SMILES string of the molecule is CN=C(NCc1cccc(Cn2ccnc2)c1)NC1CCCC1. The minimum absolute atomic E-state index is 0.578. The second-order valence-electron chi connectivity index (χ2n) is 6.11. The average molecular weight is 311 g/mol. The second-order valence-corrected chi connectivity index (χ2v) is 6.11. The maximum atomic E-state index is 4.33. The number of benzene rings is 1. The third-order valence-corrected chi connectivity index (χ3v) is 4.30. The Morgan fingerprint density at radius 1 is 1.30 bits per heavy atom. The molecule has 5 nitrogen and oxygen atoms in total. The third-order valence-electron chi connectivity index (χ3n) is 4.30. The van der Waals surface area contributed by atoms with Crippen molar-refractivity contribution in [2.45, 2.75) is 44.8 Å². The number of aliphatic imine (C=N–C) groups is 1. The van der Waals surface area contributed by atoms with Crippen LogP contribution in [0.3, 0.4) is 0 Å². The second kappa shape index (κ2) is 7.81. The van der Waals surface area contributed by atoms with Gasteiger partial charge >= 0.3 is 0 Å².